The van der Waals surface area contributed by atoms with Crippen LogP contribution >= 0.6 is 0 Å². The monoisotopic (exact) mass is 290 g/mol. The van der Waals surface area contributed by atoms with E-state index in [1.165, 1.54) is 18.4 Å². The number of sulfonamides is 1. The lowest BCUT2D eigenvalue weighted by Crippen LogP contribution is -2.22. The van der Waals surface area contributed by atoms with Gasteiger partial charge in [0.15, 0.2) is 11.5 Å². The average Bonchev–Trinajstić information content (AvgIpc) is 2.44. The van der Waals surface area contributed by atoms with Gasteiger partial charge in [-0.15, -0.1) is 0 Å². The Morgan fingerprint density at radius 2 is 1.70 bits per heavy atom. The molecule has 0 unspecified atom stereocenters. The average molecular weight is 290 g/mol. The highest BCUT2D eigenvalue weighted by Crippen LogP contribution is 2.42. The zero-order chi connectivity index (χ0) is 14.3. The van der Waals surface area contributed by atoms with Gasteiger partial charge in [0.1, 0.15) is 0 Å². The first-order valence-corrected chi connectivity index (χ1v) is 7.53. The number of para-hydroxylation sites is 2. The van der Waals surface area contributed by atoms with Crippen molar-refractivity contribution in [1.82, 2.24) is 4.31 Å². The van der Waals surface area contributed by atoms with Gasteiger partial charge in [-0.3, -0.25) is 0 Å². The molecule has 0 spiro atoms. The maximum absolute atomic E-state index is 12.1. The van der Waals surface area contributed by atoms with Crippen LogP contribution in [0.15, 0.2) is 47.4 Å². The Labute approximate surface area is 117 Å². The van der Waals surface area contributed by atoms with Crippen molar-refractivity contribution in [1.29, 1.82) is 0 Å². The minimum absolute atomic E-state index is 0.233. The first-order chi connectivity index (χ1) is 9.48. The van der Waals surface area contributed by atoms with Gasteiger partial charge in [0.05, 0.1) is 16.3 Å². The van der Waals surface area contributed by atoms with E-state index < -0.39 is 10.0 Å². The zero-order valence-corrected chi connectivity index (χ0v) is 11.9. The fourth-order valence-electron chi connectivity index (χ4n) is 1.99. The SMILES string of the molecule is CN(C)S(=O)(=O)c1ccc2c(c1)Nc1ccccc1O2. The van der Waals surface area contributed by atoms with Gasteiger partial charge in [-0.1, -0.05) is 12.1 Å². The largest absolute Gasteiger partial charge is 0.453 e. The number of hydrogen-bond donors (Lipinski definition) is 1. The highest BCUT2D eigenvalue weighted by Gasteiger charge is 2.22. The minimum atomic E-state index is -3.45. The number of fused-ring (bicyclic) bond motifs is 2. The Morgan fingerprint density at radius 3 is 2.45 bits per heavy atom. The van der Waals surface area contributed by atoms with E-state index in [1.807, 2.05) is 24.3 Å². The van der Waals surface area contributed by atoms with Crippen molar-refractivity contribution < 1.29 is 13.2 Å². The second-order valence-corrected chi connectivity index (χ2v) is 6.82. The molecule has 0 bridgehead atoms. The smallest absolute Gasteiger partial charge is 0.242 e. The van der Waals surface area contributed by atoms with Gasteiger partial charge in [-0.25, -0.2) is 12.7 Å². The second kappa shape index (κ2) is 4.50. The summed E-state index contributed by atoms with van der Waals surface area (Å²) >= 11 is 0. The molecule has 0 saturated heterocycles. The van der Waals surface area contributed by atoms with Gasteiger partial charge >= 0.3 is 0 Å². The molecule has 2 aromatic carbocycles. The first-order valence-electron chi connectivity index (χ1n) is 6.09. The molecule has 0 fully saturated rings. The van der Waals surface area contributed by atoms with Gasteiger partial charge in [0, 0.05) is 14.1 Å². The number of rotatable bonds is 2. The fourth-order valence-corrected chi connectivity index (χ4v) is 2.92. The quantitative estimate of drug-likeness (QED) is 0.788. The summed E-state index contributed by atoms with van der Waals surface area (Å²) in [4.78, 5) is 0.233. The van der Waals surface area contributed by atoms with Crippen LogP contribution in [-0.4, -0.2) is 26.8 Å². The van der Waals surface area contributed by atoms with Gasteiger partial charge in [-0.05, 0) is 30.3 Å². The van der Waals surface area contributed by atoms with Crippen LogP contribution in [0.1, 0.15) is 0 Å². The summed E-state index contributed by atoms with van der Waals surface area (Å²) in [7, 11) is -0.434. The van der Waals surface area contributed by atoms with E-state index in [2.05, 4.69) is 5.32 Å². The summed E-state index contributed by atoms with van der Waals surface area (Å²) in [6.07, 6.45) is 0. The highest BCUT2D eigenvalue weighted by atomic mass is 32.2. The van der Waals surface area contributed by atoms with E-state index in [0.29, 0.717) is 11.4 Å². The molecule has 1 aliphatic rings. The van der Waals surface area contributed by atoms with Crippen LogP contribution in [0.3, 0.4) is 0 Å². The Morgan fingerprint density at radius 1 is 1.00 bits per heavy atom. The van der Waals surface area contributed by atoms with Crippen molar-refractivity contribution in [2.24, 2.45) is 0 Å². The molecule has 0 atom stereocenters. The third kappa shape index (κ3) is 2.03. The van der Waals surface area contributed by atoms with E-state index in [0.717, 1.165) is 11.4 Å². The van der Waals surface area contributed by atoms with Gasteiger partial charge in [0.2, 0.25) is 10.0 Å². The molecule has 0 aliphatic carbocycles. The minimum Gasteiger partial charge on any atom is -0.453 e. The third-order valence-electron chi connectivity index (χ3n) is 3.11. The number of nitrogens with one attached hydrogen (secondary N) is 1. The predicted octanol–water partition coefficient (Wildman–Crippen LogP) is 2.79. The van der Waals surface area contributed by atoms with E-state index in [4.69, 9.17) is 4.74 Å². The molecule has 3 rings (SSSR count). The summed E-state index contributed by atoms with van der Waals surface area (Å²) in [5.41, 5.74) is 1.46. The van der Waals surface area contributed by atoms with Gasteiger partial charge in [0.25, 0.3) is 0 Å². The van der Waals surface area contributed by atoms with Crippen LogP contribution < -0.4 is 10.1 Å². The van der Waals surface area contributed by atoms with Gasteiger partial charge < -0.3 is 10.1 Å². The van der Waals surface area contributed by atoms with Crippen LogP contribution in [0.2, 0.25) is 0 Å². The van der Waals surface area contributed by atoms with E-state index in [9.17, 15) is 8.42 Å². The Balaban J connectivity index is 2.05. The lowest BCUT2D eigenvalue weighted by atomic mass is 10.2. The maximum Gasteiger partial charge on any atom is 0.242 e. The van der Waals surface area contributed by atoms with E-state index in [-0.39, 0.29) is 4.90 Å². The lowest BCUT2D eigenvalue weighted by molar-refractivity contribution is 0.480. The first kappa shape index (κ1) is 13.0. The molecule has 0 amide bonds. The summed E-state index contributed by atoms with van der Waals surface area (Å²) < 4.78 is 31.2. The normalized spacial score (nSPS) is 13.2. The zero-order valence-electron chi connectivity index (χ0n) is 11.1. The number of hydrogen-bond acceptors (Lipinski definition) is 4. The molecule has 5 nitrogen and oxygen atoms in total. The number of ether oxygens (including phenoxy) is 1. The second-order valence-electron chi connectivity index (χ2n) is 4.67. The van der Waals surface area contributed by atoms with Crippen molar-refractivity contribution in [3.8, 4) is 11.5 Å². The summed E-state index contributed by atoms with van der Waals surface area (Å²) in [5.74, 6) is 1.34. The molecular weight excluding hydrogens is 276 g/mol. The highest BCUT2D eigenvalue weighted by molar-refractivity contribution is 7.89. The van der Waals surface area contributed by atoms with Crippen molar-refractivity contribution in [2.45, 2.75) is 4.90 Å². The molecule has 20 heavy (non-hydrogen) atoms. The molecule has 1 heterocycles. The molecule has 1 aliphatic heterocycles. The molecule has 2 aromatic rings. The van der Waals surface area contributed by atoms with Crippen LogP contribution in [0, 0.1) is 0 Å². The number of nitrogens with zero attached hydrogens (tertiary/aromatic N) is 1. The van der Waals surface area contributed by atoms with Crippen molar-refractivity contribution in [2.75, 3.05) is 19.4 Å². The topological polar surface area (TPSA) is 58.6 Å². The molecule has 0 saturated carbocycles. The van der Waals surface area contributed by atoms with Crippen molar-refractivity contribution in [3.05, 3.63) is 42.5 Å². The summed E-state index contributed by atoms with van der Waals surface area (Å²) in [6.45, 7) is 0. The molecule has 0 aromatic heterocycles. The van der Waals surface area contributed by atoms with Gasteiger partial charge in [-0.2, -0.15) is 0 Å². The molecular formula is C14H14N2O3S. The van der Waals surface area contributed by atoms with Crippen LogP contribution in [0.25, 0.3) is 0 Å². The van der Waals surface area contributed by atoms with E-state index in [1.54, 1.807) is 18.2 Å². The standard InChI is InChI=1S/C14H14N2O3S/c1-16(2)20(17,18)10-7-8-14-12(9-10)15-11-5-3-4-6-13(11)19-14/h3-9,15H,1-2H3. The number of anilines is 2. The Kier molecular flexibility index (Phi) is 2.92. The Bertz CT molecular complexity index is 770. The number of benzene rings is 2. The molecule has 6 heteroatoms. The predicted molar refractivity (Wildman–Crippen MR) is 77.1 cm³/mol. The summed E-state index contributed by atoms with van der Waals surface area (Å²) in [5, 5.41) is 3.18. The lowest BCUT2D eigenvalue weighted by Gasteiger charge is -2.22. The maximum atomic E-state index is 12.1. The van der Waals surface area contributed by atoms with Crippen molar-refractivity contribution in [3.63, 3.8) is 0 Å². The fraction of sp³-hybridized carbons (Fsp3) is 0.143. The molecule has 1 N–H and O–H groups in total. The van der Waals surface area contributed by atoms with Crippen LogP contribution in [0.5, 0.6) is 11.5 Å². The third-order valence-corrected chi connectivity index (χ3v) is 4.92. The Hall–Kier alpha value is -2.05. The molecule has 104 valence electrons. The van der Waals surface area contributed by atoms with Crippen LogP contribution in [0.4, 0.5) is 11.4 Å². The van der Waals surface area contributed by atoms with E-state index >= 15 is 0 Å². The van der Waals surface area contributed by atoms with Crippen molar-refractivity contribution >= 4 is 21.4 Å². The summed E-state index contributed by atoms with van der Waals surface area (Å²) in [6, 6.07) is 12.3. The molecule has 0 radical (unpaired) electrons. The van der Waals surface area contributed by atoms with Crippen LogP contribution in [-0.2, 0) is 10.0 Å².